The Hall–Kier alpha value is -3.59. The smallest absolute Gasteiger partial charge is 0.154 e. The van der Waals surface area contributed by atoms with Crippen LogP contribution in [-0.2, 0) is 0 Å². The van der Waals surface area contributed by atoms with Gasteiger partial charge in [-0.3, -0.25) is 4.79 Å². The van der Waals surface area contributed by atoms with Gasteiger partial charge in [0.15, 0.2) is 6.29 Å². The van der Waals surface area contributed by atoms with Crippen LogP contribution in [0.5, 0.6) is 0 Å². The highest BCUT2D eigenvalue weighted by Gasteiger charge is 2.17. The van der Waals surface area contributed by atoms with Crippen LogP contribution >= 0.6 is 23.2 Å². The lowest BCUT2D eigenvalue weighted by atomic mass is 9.97. The first kappa shape index (κ1) is 26.0. The molecule has 0 aliphatic carbocycles. The SMILES string of the molecule is CC(O)c1c(-c2ccc(Cl)cc2F)ccnc1N.Nc1nccc(-c2ccc(Cl)cc2F)c1C=O. The van der Waals surface area contributed by atoms with Gasteiger partial charge in [-0.25, -0.2) is 18.7 Å². The van der Waals surface area contributed by atoms with Crippen LogP contribution < -0.4 is 11.5 Å². The van der Waals surface area contributed by atoms with E-state index in [0.717, 1.165) is 0 Å². The van der Waals surface area contributed by atoms with Crippen LogP contribution in [-0.4, -0.2) is 21.4 Å². The van der Waals surface area contributed by atoms with Crippen LogP contribution in [0.4, 0.5) is 20.4 Å². The zero-order valence-corrected chi connectivity index (χ0v) is 19.9. The predicted octanol–water partition coefficient (Wildman–Crippen LogP) is 6.11. The summed E-state index contributed by atoms with van der Waals surface area (Å²) in [6.45, 7) is 1.56. The maximum absolute atomic E-state index is 13.9. The number of rotatable bonds is 4. The van der Waals surface area contributed by atoms with Crippen LogP contribution in [0.3, 0.4) is 0 Å². The summed E-state index contributed by atoms with van der Waals surface area (Å²) in [5.74, 6) is -0.704. The van der Waals surface area contributed by atoms with Crippen molar-refractivity contribution in [3.63, 3.8) is 0 Å². The molecule has 0 bridgehead atoms. The molecule has 0 aliphatic rings. The van der Waals surface area contributed by atoms with Gasteiger partial charge in [0.1, 0.15) is 23.3 Å². The summed E-state index contributed by atoms with van der Waals surface area (Å²) in [5, 5.41) is 10.3. The molecule has 0 spiro atoms. The molecule has 0 amide bonds. The Balaban J connectivity index is 0.000000196. The largest absolute Gasteiger partial charge is 0.389 e. The number of nitrogen functional groups attached to an aromatic ring is 2. The summed E-state index contributed by atoms with van der Waals surface area (Å²) in [6, 6.07) is 11.7. The monoisotopic (exact) mass is 516 g/mol. The Labute approximate surface area is 210 Å². The topological polar surface area (TPSA) is 115 Å². The first-order valence-corrected chi connectivity index (χ1v) is 10.9. The van der Waals surface area contributed by atoms with E-state index in [2.05, 4.69) is 9.97 Å². The lowest BCUT2D eigenvalue weighted by Crippen LogP contribution is -2.04. The number of aldehydes is 1. The van der Waals surface area contributed by atoms with Gasteiger partial charge < -0.3 is 16.6 Å². The number of nitrogens with two attached hydrogens (primary N) is 2. The number of pyridine rings is 2. The third-order valence-corrected chi connectivity index (χ3v) is 5.49. The minimum atomic E-state index is -0.830. The van der Waals surface area contributed by atoms with Crippen molar-refractivity contribution in [1.29, 1.82) is 0 Å². The van der Waals surface area contributed by atoms with E-state index in [4.69, 9.17) is 34.7 Å². The molecule has 0 radical (unpaired) electrons. The quantitative estimate of drug-likeness (QED) is 0.281. The number of carbonyl (C=O) groups excluding carboxylic acids is 1. The first-order chi connectivity index (χ1) is 16.6. The normalized spacial score (nSPS) is 11.4. The third-order valence-electron chi connectivity index (χ3n) is 5.02. The van der Waals surface area contributed by atoms with E-state index in [9.17, 15) is 18.7 Å². The molecular formula is C25H20Cl2F2N4O2. The second kappa shape index (κ2) is 11.2. The Kier molecular flexibility index (Phi) is 8.34. The van der Waals surface area contributed by atoms with Gasteiger partial charge in [0, 0.05) is 44.7 Å². The van der Waals surface area contributed by atoms with Crippen molar-refractivity contribution in [3.05, 3.63) is 93.7 Å². The van der Waals surface area contributed by atoms with Gasteiger partial charge >= 0.3 is 0 Å². The first-order valence-electron chi connectivity index (χ1n) is 10.2. The van der Waals surface area contributed by atoms with Gasteiger partial charge in [0.25, 0.3) is 0 Å². The molecule has 180 valence electrons. The maximum atomic E-state index is 13.9. The number of aromatic nitrogens is 2. The average molecular weight is 517 g/mol. The molecule has 10 heteroatoms. The fraction of sp³-hybridized carbons (Fsp3) is 0.0800. The molecule has 0 saturated carbocycles. The second-order valence-corrected chi connectivity index (χ2v) is 8.23. The average Bonchev–Trinajstić information content (AvgIpc) is 2.79. The van der Waals surface area contributed by atoms with E-state index in [1.807, 2.05) is 0 Å². The molecule has 0 fully saturated rings. The van der Waals surface area contributed by atoms with Crippen molar-refractivity contribution in [3.8, 4) is 22.3 Å². The Morgan fingerprint density at radius 3 is 1.80 bits per heavy atom. The minimum absolute atomic E-state index is 0.0758. The molecule has 0 aliphatic heterocycles. The number of carbonyl (C=O) groups is 1. The van der Waals surface area contributed by atoms with Crippen molar-refractivity contribution in [2.75, 3.05) is 11.5 Å². The molecule has 2 aromatic heterocycles. The van der Waals surface area contributed by atoms with Crippen LogP contribution in [0.25, 0.3) is 22.3 Å². The number of nitrogens with zero attached hydrogens (tertiary/aromatic N) is 2. The van der Waals surface area contributed by atoms with Crippen molar-refractivity contribution < 1.29 is 18.7 Å². The zero-order chi connectivity index (χ0) is 25.7. The molecule has 1 atom stereocenters. The van der Waals surface area contributed by atoms with E-state index >= 15 is 0 Å². The summed E-state index contributed by atoms with van der Waals surface area (Å²) < 4.78 is 27.6. The number of benzene rings is 2. The Bertz CT molecular complexity index is 1380. The summed E-state index contributed by atoms with van der Waals surface area (Å²) in [6.07, 6.45) is 2.63. The van der Waals surface area contributed by atoms with Crippen LogP contribution in [0, 0.1) is 11.6 Å². The lowest BCUT2D eigenvalue weighted by molar-refractivity contribution is 0.112. The predicted molar refractivity (Wildman–Crippen MR) is 134 cm³/mol. The van der Waals surface area contributed by atoms with E-state index in [1.165, 1.54) is 36.7 Å². The van der Waals surface area contributed by atoms with E-state index in [0.29, 0.717) is 38.6 Å². The standard InChI is InChI=1S/C13H12ClFN2O.C12H8ClFN2O/c1-7(18)12-10(4-5-17-13(12)16)9-3-2-8(14)6-11(9)15;13-7-1-2-9(11(14)5-7)8-3-4-16-12(15)10(8)6-17/h2-7,18H,1H3,(H2,16,17);1-6H,(H2,15,16). The summed E-state index contributed by atoms with van der Waals surface area (Å²) in [4.78, 5) is 18.6. The van der Waals surface area contributed by atoms with Crippen molar-refractivity contribution >= 4 is 41.1 Å². The maximum Gasteiger partial charge on any atom is 0.154 e. The van der Waals surface area contributed by atoms with Crippen LogP contribution in [0.15, 0.2) is 60.9 Å². The van der Waals surface area contributed by atoms with Gasteiger partial charge in [0.2, 0.25) is 0 Å². The van der Waals surface area contributed by atoms with Gasteiger partial charge in [-0.05, 0) is 61.0 Å². The van der Waals surface area contributed by atoms with Crippen LogP contribution in [0.2, 0.25) is 10.0 Å². The van der Waals surface area contributed by atoms with Gasteiger partial charge in [-0.2, -0.15) is 0 Å². The number of anilines is 2. The molecule has 5 N–H and O–H groups in total. The highest BCUT2D eigenvalue weighted by molar-refractivity contribution is 6.31. The van der Waals surface area contributed by atoms with Crippen LogP contribution in [0.1, 0.15) is 28.9 Å². The molecule has 2 heterocycles. The van der Waals surface area contributed by atoms with Gasteiger partial charge in [0.05, 0.1) is 11.7 Å². The fourth-order valence-electron chi connectivity index (χ4n) is 3.43. The lowest BCUT2D eigenvalue weighted by Gasteiger charge is -2.14. The number of halogens is 4. The number of aliphatic hydroxyl groups is 1. The fourth-order valence-corrected chi connectivity index (χ4v) is 3.74. The number of hydrogen-bond donors (Lipinski definition) is 3. The Morgan fingerprint density at radius 2 is 1.31 bits per heavy atom. The highest BCUT2D eigenvalue weighted by atomic mass is 35.5. The molecule has 1 unspecified atom stereocenters. The van der Waals surface area contributed by atoms with E-state index < -0.39 is 17.7 Å². The molecule has 35 heavy (non-hydrogen) atoms. The third kappa shape index (κ3) is 5.92. The van der Waals surface area contributed by atoms with E-state index in [-0.39, 0.29) is 22.8 Å². The molecule has 4 aromatic rings. The minimum Gasteiger partial charge on any atom is -0.389 e. The molecule has 0 saturated heterocycles. The second-order valence-electron chi connectivity index (χ2n) is 7.36. The summed E-state index contributed by atoms with van der Waals surface area (Å²) in [7, 11) is 0. The van der Waals surface area contributed by atoms with Crippen molar-refractivity contribution in [1.82, 2.24) is 9.97 Å². The van der Waals surface area contributed by atoms with Gasteiger partial charge in [-0.1, -0.05) is 23.2 Å². The summed E-state index contributed by atoms with van der Waals surface area (Å²) >= 11 is 11.4. The Morgan fingerprint density at radius 1 is 0.829 bits per heavy atom. The van der Waals surface area contributed by atoms with Crippen molar-refractivity contribution in [2.24, 2.45) is 0 Å². The summed E-state index contributed by atoms with van der Waals surface area (Å²) in [5.41, 5.74) is 13.4. The highest BCUT2D eigenvalue weighted by Crippen LogP contribution is 2.33. The number of hydrogen-bond acceptors (Lipinski definition) is 6. The molecule has 6 nitrogen and oxygen atoms in total. The molecule has 2 aromatic carbocycles. The van der Waals surface area contributed by atoms with E-state index in [1.54, 1.807) is 31.2 Å². The zero-order valence-electron chi connectivity index (χ0n) is 18.3. The number of aliphatic hydroxyl groups excluding tert-OH is 1. The van der Waals surface area contributed by atoms with Crippen molar-refractivity contribution in [2.45, 2.75) is 13.0 Å². The molecular weight excluding hydrogens is 497 g/mol. The molecule has 4 rings (SSSR count). The van der Waals surface area contributed by atoms with Gasteiger partial charge in [-0.15, -0.1) is 0 Å².